The van der Waals surface area contributed by atoms with Gasteiger partial charge in [0.15, 0.2) is 12.2 Å². The molecule has 3 aliphatic rings. The standard InChI is InChI=1S/C21H20ClN5O2/c1-24-18-17(19(28)27(21(24)29)13-14-5-3-2-4-6-14)26-12-11-25(20(26)23-18)16-9-7-15(22)8-10-16/h2-10,17-18H,11-13H2,1H3. The third-order valence-corrected chi connectivity index (χ3v) is 5.95. The third-order valence-electron chi connectivity index (χ3n) is 5.70. The molecule has 3 aliphatic heterocycles. The molecule has 0 saturated carbocycles. The molecule has 2 aromatic carbocycles. The maximum Gasteiger partial charge on any atom is 0.328 e. The number of guanidine groups is 1. The van der Waals surface area contributed by atoms with E-state index in [0.29, 0.717) is 11.6 Å². The number of benzene rings is 2. The highest BCUT2D eigenvalue weighted by atomic mass is 35.5. The molecule has 2 unspecified atom stereocenters. The van der Waals surface area contributed by atoms with Crippen molar-refractivity contribution in [3.8, 4) is 0 Å². The van der Waals surface area contributed by atoms with E-state index in [1.807, 2.05) is 59.5 Å². The van der Waals surface area contributed by atoms with Gasteiger partial charge in [-0.1, -0.05) is 41.9 Å². The maximum atomic E-state index is 13.3. The molecule has 148 valence electrons. The number of amides is 3. The summed E-state index contributed by atoms with van der Waals surface area (Å²) >= 11 is 6.01. The van der Waals surface area contributed by atoms with Crippen molar-refractivity contribution in [2.75, 3.05) is 25.0 Å². The SMILES string of the molecule is CN1C(=O)N(Cc2ccccc2)C(=O)C2C1N=C1N(c3ccc(Cl)cc3)CCN12. The number of carbonyl (C=O) groups is 2. The lowest BCUT2D eigenvalue weighted by Gasteiger charge is -2.40. The van der Waals surface area contributed by atoms with Crippen molar-refractivity contribution in [2.45, 2.75) is 18.8 Å². The smallest absolute Gasteiger partial charge is 0.325 e. The van der Waals surface area contributed by atoms with Gasteiger partial charge in [0.05, 0.1) is 6.54 Å². The van der Waals surface area contributed by atoms with Crippen LogP contribution in [-0.4, -0.2) is 64.9 Å². The summed E-state index contributed by atoms with van der Waals surface area (Å²) in [6.45, 7) is 1.67. The molecule has 5 rings (SSSR count). The molecular weight excluding hydrogens is 390 g/mol. The molecule has 2 fully saturated rings. The van der Waals surface area contributed by atoms with E-state index >= 15 is 0 Å². The average Bonchev–Trinajstić information content (AvgIpc) is 3.30. The Hall–Kier alpha value is -3.06. The second-order valence-corrected chi connectivity index (χ2v) is 7.85. The van der Waals surface area contributed by atoms with Crippen molar-refractivity contribution >= 4 is 35.2 Å². The minimum atomic E-state index is -0.507. The largest absolute Gasteiger partial charge is 0.328 e. The van der Waals surface area contributed by atoms with Crippen LogP contribution in [0.3, 0.4) is 0 Å². The summed E-state index contributed by atoms with van der Waals surface area (Å²) in [5, 5.41) is 0.670. The Balaban J connectivity index is 1.44. The molecule has 2 aromatic rings. The van der Waals surface area contributed by atoms with Crippen LogP contribution in [0.4, 0.5) is 10.5 Å². The highest BCUT2D eigenvalue weighted by molar-refractivity contribution is 6.30. The first-order valence-electron chi connectivity index (χ1n) is 9.54. The van der Waals surface area contributed by atoms with Gasteiger partial charge < -0.3 is 14.7 Å². The molecule has 2 saturated heterocycles. The highest BCUT2D eigenvalue weighted by Gasteiger charge is 2.54. The molecule has 3 amide bonds. The van der Waals surface area contributed by atoms with E-state index in [-0.39, 0.29) is 18.5 Å². The van der Waals surface area contributed by atoms with E-state index in [0.717, 1.165) is 23.8 Å². The molecule has 29 heavy (non-hydrogen) atoms. The van der Waals surface area contributed by atoms with Gasteiger partial charge in [-0.3, -0.25) is 9.69 Å². The van der Waals surface area contributed by atoms with Crippen LogP contribution in [0, 0.1) is 0 Å². The van der Waals surface area contributed by atoms with Gasteiger partial charge in [-0.2, -0.15) is 0 Å². The molecule has 0 spiro atoms. The lowest BCUT2D eigenvalue weighted by atomic mass is 10.1. The Labute approximate surface area is 173 Å². The van der Waals surface area contributed by atoms with Gasteiger partial charge in [0.25, 0.3) is 5.91 Å². The Kier molecular flexibility index (Phi) is 4.20. The summed E-state index contributed by atoms with van der Waals surface area (Å²) < 4.78 is 0. The summed E-state index contributed by atoms with van der Waals surface area (Å²) in [5.41, 5.74) is 1.89. The van der Waals surface area contributed by atoms with Crippen LogP contribution >= 0.6 is 11.6 Å². The van der Waals surface area contributed by atoms with Crippen molar-refractivity contribution < 1.29 is 9.59 Å². The monoisotopic (exact) mass is 409 g/mol. The van der Waals surface area contributed by atoms with Crippen molar-refractivity contribution in [2.24, 2.45) is 4.99 Å². The number of urea groups is 1. The summed E-state index contributed by atoms with van der Waals surface area (Å²) in [5.74, 6) is 0.538. The number of likely N-dealkylation sites (N-methyl/N-ethyl adjacent to an activating group) is 1. The Morgan fingerprint density at radius 3 is 2.48 bits per heavy atom. The number of nitrogens with zero attached hydrogens (tertiary/aromatic N) is 5. The van der Waals surface area contributed by atoms with Crippen molar-refractivity contribution in [3.63, 3.8) is 0 Å². The molecule has 0 N–H and O–H groups in total. The second kappa shape index (κ2) is 6.77. The molecule has 8 heteroatoms. The van der Waals surface area contributed by atoms with Gasteiger partial charge in [-0.15, -0.1) is 0 Å². The number of anilines is 1. The summed E-state index contributed by atoms with van der Waals surface area (Å²) in [4.78, 5) is 38.0. The molecule has 2 atom stereocenters. The lowest BCUT2D eigenvalue weighted by Crippen LogP contribution is -2.64. The molecule has 0 radical (unpaired) electrons. The number of carbonyl (C=O) groups excluding carboxylic acids is 2. The van der Waals surface area contributed by atoms with E-state index in [9.17, 15) is 9.59 Å². The minimum Gasteiger partial charge on any atom is -0.325 e. The number of hydrogen-bond donors (Lipinski definition) is 0. The van der Waals surface area contributed by atoms with Crippen molar-refractivity contribution in [1.29, 1.82) is 0 Å². The fourth-order valence-electron chi connectivity index (χ4n) is 4.21. The van der Waals surface area contributed by atoms with E-state index in [2.05, 4.69) is 4.90 Å². The second-order valence-electron chi connectivity index (χ2n) is 7.41. The molecule has 0 aliphatic carbocycles. The normalized spacial score (nSPS) is 23.4. The zero-order valence-electron chi connectivity index (χ0n) is 15.9. The highest BCUT2D eigenvalue weighted by Crippen LogP contribution is 2.34. The number of imide groups is 1. The first kappa shape index (κ1) is 18.0. The van der Waals surface area contributed by atoms with Crippen LogP contribution in [0.5, 0.6) is 0 Å². The number of aliphatic imine (C=N–C) groups is 1. The number of rotatable bonds is 3. The first-order valence-corrected chi connectivity index (χ1v) is 9.92. The summed E-state index contributed by atoms with van der Waals surface area (Å²) in [6.07, 6.45) is -0.507. The fraction of sp³-hybridized carbons (Fsp3) is 0.286. The van der Waals surface area contributed by atoms with Crippen LogP contribution in [0.15, 0.2) is 59.6 Å². The third kappa shape index (κ3) is 2.84. The van der Waals surface area contributed by atoms with Crippen LogP contribution in [0.2, 0.25) is 5.02 Å². The average molecular weight is 410 g/mol. The lowest BCUT2D eigenvalue weighted by molar-refractivity contribution is -0.137. The number of halogens is 1. The number of hydrogen-bond acceptors (Lipinski definition) is 5. The van der Waals surface area contributed by atoms with Gasteiger partial charge in [0, 0.05) is 30.8 Å². The van der Waals surface area contributed by atoms with Crippen LogP contribution in [0.25, 0.3) is 0 Å². The van der Waals surface area contributed by atoms with E-state index < -0.39 is 12.2 Å². The van der Waals surface area contributed by atoms with Crippen LogP contribution in [0.1, 0.15) is 5.56 Å². The van der Waals surface area contributed by atoms with E-state index in [4.69, 9.17) is 16.6 Å². The van der Waals surface area contributed by atoms with Gasteiger partial charge in [-0.05, 0) is 29.8 Å². The van der Waals surface area contributed by atoms with Gasteiger partial charge in [-0.25, -0.2) is 9.79 Å². The molecule has 0 bridgehead atoms. The maximum absolute atomic E-state index is 13.3. The van der Waals surface area contributed by atoms with E-state index in [1.54, 1.807) is 11.9 Å². The molecule has 0 aromatic heterocycles. The van der Waals surface area contributed by atoms with Crippen LogP contribution < -0.4 is 4.90 Å². The predicted molar refractivity (Wildman–Crippen MR) is 111 cm³/mol. The Morgan fingerprint density at radius 2 is 1.76 bits per heavy atom. The van der Waals surface area contributed by atoms with E-state index in [1.165, 1.54) is 4.90 Å². The van der Waals surface area contributed by atoms with Gasteiger partial charge in [0.1, 0.15) is 0 Å². The minimum absolute atomic E-state index is 0.196. The van der Waals surface area contributed by atoms with Crippen LogP contribution in [-0.2, 0) is 11.3 Å². The predicted octanol–water partition coefficient (Wildman–Crippen LogP) is 2.62. The van der Waals surface area contributed by atoms with Crippen molar-refractivity contribution in [3.05, 3.63) is 65.2 Å². The Morgan fingerprint density at radius 1 is 1.03 bits per heavy atom. The topological polar surface area (TPSA) is 59.5 Å². The zero-order valence-corrected chi connectivity index (χ0v) is 16.7. The van der Waals surface area contributed by atoms with Gasteiger partial charge in [0.2, 0.25) is 5.96 Å². The van der Waals surface area contributed by atoms with Crippen molar-refractivity contribution in [1.82, 2.24) is 14.7 Å². The fourth-order valence-corrected chi connectivity index (χ4v) is 4.34. The quantitative estimate of drug-likeness (QED) is 0.782. The Bertz CT molecular complexity index is 994. The zero-order chi connectivity index (χ0) is 20.1. The number of fused-ring (bicyclic) bond motifs is 3. The first-order chi connectivity index (χ1) is 14.0. The van der Waals surface area contributed by atoms with Gasteiger partial charge >= 0.3 is 6.03 Å². The summed E-state index contributed by atoms with van der Waals surface area (Å²) in [7, 11) is 1.71. The molecule has 3 heterocycles. The summed E-state index contributed by atoms with van der Waals surface area (Å²) in [6, 6.07) is 16.3. The molecule has 7 nitrogen and oxygen atoms in total. The molecular formula is C21H20ClN5O2.